The number of ether oxygens (including phenoxy) is 3. The van der Waals surface area contributed by atoms with Gasteiger partial charge >= 0.3 is 11.7 Å². The third-order valence-electron chi connectivity index (χ3n) is 2.91. The van der Waals surface area contributed by atoms with Crippen LogP contribution in [0.4, 0.5) is 5.69 Å². The van der Waals surface area contributed by atoms with Crippen molar-refractivity contribution in [3.8, 4) is 11.5 Å². The first-order valence-corrected chi connectivity index (χ1v) is 6.79. The van der Waals surface area contributed by atoms with E-state index in [9.17, 15) is 19.7 Å². The molecule has 0 aliphatic carbocycles. The van der Waals surface area contributed by atoms with Crippen molar-refractivity contribution in [3.63, 3.8) is 0 Å². The van der Waals surface area contributed by atoms with Gasteiger partial charge in [-0.1, -0.05) is 20.8 Å². The molecule has 0 aliphatic heterocycles. The van der Waals surface area contributed by atoms with Crippen molar-refractivity contribution in [2.24, 2.45) is 5.41 Å². The molecular weight excluding hydrogens is 306 g/mol. The van der Waals surface area contributed by atoms with E-state index < -0.39 is 22.9 Å². The van der Waals surface area contributed by atoms with Gasteiger partial charge in [-0.2, -0.15) is 0 Å². The molecule has 8 nitrogen and oxygen atoms in total. The fraction of sp³-hybridized carbons (Fsp3) is 0.467. The second kappa shape index (κ2) is 7.57. The Hall–Kier alpha value is -2.64. The van der Waals surface area contributed by atoms with Crippen LogP contribution in [0.3, 0.4) is 0 Å². The number of esters is 1. The summed E-state index contributed by atoms with van der Waals surface area (Å²) >= 11 is 0. The number of benzene rings is 1. The number of Topliss-reactive ketones (excluding diaryl/α,β-unsaturated/α-hetero) is 1. The number of nitro groups is 1. The molecule has 1 rings (SSSR count). The van der Waals surface area contributed by atoms with Gasteiger partial charge in [0.05, 0.1) is 12.0 Å². The maximum absolute atomic E-state index is 11.6. The predicted molar refractivity (Wildman–Crippen MR) is 80.6 cm³/mol. The zero-order valence-electron chi connectivity index (χ0n) is 13.5. The van der Waals surface area contributed by atoms with E-state index in [1.54, 1.807) is 20.8 Å². The molecule has 0 heterocycles. The van der Waals surface area contributed by atoms with Gasteiger partial charge in [0.15, 0.2) is 19.0 Å². The van der Waals surface area contributed by atoms with Gasteiger partial charge in [-0.3, -0.25) is 14.9 Å². The van der Waals surface area contributed by atoms with Gasteiger partial charge in [0.25, 0.3) is 0 Å². The van der Waals surface area contributed by atoms with Gasteiger partial charge in [0.2, 0.25) is 5.75 Å². The van der Waals surface area contributed by atoms with Crippen molar-refractivity contribution in [2.45, 2.75) is 20.8 Å². The Morgan fingerprint density at radius 1 is 1.22 bits per heavy atom. The molecule has 0 fully saturated rings. The number of carbonyl (C=O) groups excluding carboxylic acids is 2. The van der Waals surface area contributed by atoms with Crippen LogP contribution in [-0.4, -0.2) is 37.0 Å². The predicted octanol–water partition coefficient (Wildman–Crippen LogP) is 2.14. The summed E-state index contributed by atoms with van der Waals surface area (Å²) in [5.41, 5.74) is -0.800. The normalized spacial score (nSPS) is 10.8. The second-order valence-electron chi connectivity index (χ2n) is 5.71. The third-order valence-corrected chi connectivity index (χ3v) is 2.91. The first-order valence-electron chi connectivity index (χ1n) is 6.79. The lowest BCUT2D eigenvalue weighted by Gasteiger charge is -2.16. The smallest absolute Gasteiger partial charge is 0.344 e. The maximum Gasteiger partial charge on any atom is 0.344 e. The number of hydrogen-bond donors (Lipinski definition) is 0. The van der Waals surface area contributed by atoms with Crippen LogP contribution in [0.25, 0.3) is 0 Å². The van der Waals surface area contributed by atoms with E-state index in [0.717, 1.165) is 0 Å². The van der Waals surface area contributed by atoms with Gasteiger partial charge in [-0.25, -0.2) is 4.79 Å². The van der Waals surface area contributed by atoms with Crippen LogP contribution in [0.2, 0.25) is 0 Å². The molecule has 0 unspecified atom stereocenters. The first kappa shape index (κ1) is 18.4. The van der Waals surface area contributed by atoms with Crippen LogP contribution < -0.4 is 9.47 Å². The van der Waals surface area contributed by atoms with E-state index in [1.165, 1.54) is 25.3 Å². The minimum Gasteiger partial charge on any atom is -0.490 e. The number of rotatable bonds is 7. The highest BCUT2D eigenvalue weighted by atomic mass is 16.6. The van der Waals surface area contributed by atoms with Crippen LogP contribution in [-0.2, 0) is 14.3 Å². The van der Waals surface area contributed by atoms with Gasteiger partial charge in [0, 0.05) is 17.5 Å². The minimum atomic E-state index is -0.708. The number of methoxy groups -OCH3 is 1. The summed E-state index contributed by atoms with van der Waals surface area (Å²) in [5, 5.41) is 10.8. The Balaban J connectivity index is 2.57. The van der Waals surface area contributed by atoms with Crippen LogP contribution in [0.15, 0.2) is 18.2 Å². The van der Waals surface area contributed by atoms with Crippen LogP contribution in [0.1, 0.15) is 20.8 Å². The molecule has 0 amide bonds. The molecule has 0 atom stereocenters. The maximum atomic E-state index is 11.6. The van der Waals surface area contributed by atoms with Gasteiger partial charge in [-0.15, -0.1) is 0 Å². The molecule has 0 bridgehead atoms. The molecule has 0 saturated carbocycles. The van der Waals surface area contributed by atoms with Crippen molar-refractivity contribution >= 4 is 17.4 Å². The molecule has 1 aromatic carbocycles. The number of carbonyl (C=O) groups is 2. The third kappa shape index (κ3) is 5.57. The molecule has 126 valence electrons. The van der Waals surface area contributed by atoms with Gasteiger partial charge < -0.3 is 14.2 Å². The molecule has 23 heavy (non-hydrogen) atoms. The summed E-state index contributed by atoms with van der Waals surface area (Å²) < 4.78 is 14.9. The van der Waals surface area contributed by atoms with Crippen LogP contribution in [0, 0.1) is 15.5 Å². The second-order valence-corrected chi connectivity index (χ2v) is 5.71. The summed E-state index contributed by atoms with van der Waals surface area (Å²) in [6.45, 7) is 4.43. The summed E-state index contributed by atoms with van der Waals surface area (Å²) in [6, 6.07) is 3.85. The van der Waals surface area contributed by atoms with Gasteiger partial charge in [-0.05, 0) is 6.07 Å². The van der Waals surface area contributed by atoms with E-state index in [0.29, 0.717) is 0 Å². The Morgan fingerprint density at radius 3 is 2.39 bits per heavy atom. The molecular formula is C15H19NO7. The van der Waals surface area contributed by atoms with Crippen LogP contribution >= 0.6 is 0 Å². The monoisotopic (exact) mass is 325 g/mol. The fourth-order valence-electron chi connectivity index (χ4n) is 1.45. The number of nitro benzene ring substituents is 1. The van der Waals surface area contributed by atoms with Crippen molar-refractivity contribution in [2.75, 3.05) is 20.3 Å². The largest absolute Gasteiger partial charge is 0.490 e. The lowest BCUT2D eigenvalue weighted by molar-refractivity contribution is -0.385. The number of ketones is 1. The SMILES string of the molecule is COc1cc(OCC(=O)OCC(=O)C(C)(C)C)ccc1[N+](=O)[O-]. The highest BCUT2D eigenvalue weighted by Gasteiger charge is 2.22. The highest BCUT2D eigenvalue weighted by molar-refractivity contribution is 5.86. The molecule has 0 aliphatic rings. The quantitative estimate of drug-likeness (QED) is 0.429. The zero-order chi connectivity index (χ0) is 17.6. The van der Waals surface area contributed by atoms with E-state index in [4.69, 9.17) is 14.2 Å². The topological polar surface area (TPSA) is 105 Å². The van der Waals surface area contributed by atoms with E-state index in [2.05, 4.69) is 0 Å². The Bertz CT molecular complexity index is 604. The Kier molecular flexibility index (Phi) is 6.06. The number of hydrogen-bond acceptors (Lipinski definition) is 7. The van der Waals surface area contributed by atoms with E-state index in [1.807, 2.05) is 0 Å². The average Bonchev–Trinajstić information content (AvgIpc) is 2.48. The van der Waals surface area contributed by atoms with Crippen molar-refractivity contribution in [1.29, 1.82) is 0 Å². The lowest BCUT2D eigenvalue weighted by atomic mass is 9.91. The van der Waals surface area contributed by atoms with Crippen molar-refractivity contribution in [1.82, 2.24) is 0 Å². The van der Waals surface area contributed by atoms with Gasteiger partial charge in [0.1, 0.15) is 5.75 Å². The molecule has 0 N–H and O–H groups in total. The lowest BCUT2D eigenvalue weighted by Crippen LogP contribution is -2.27. The minimum absolute atomic E-state index is 0.0174. The fourth-order valence-corrected chi connectivity index (χ4v) is 1.45. The summed E-state index contributed by atoms with van der Waals surface area (Å²) in [7, 11) is 1.29. The first-order chi connectivity index (χ1) is 10.6. The molecule has 0 radical (unpaired) electrons. The van der Waals surface area contributed by atoms with E-state index >= 15 is 0 Å². The Morgan fingerprint density at radius 2 is 1.87 bits per heavy atom. The van der Waals surface area contributed by atoms with Crippen LogP contribution in [0.5, 0.6) is 11.5 Å². The average molecular weight is 325 g/mol. The molecule has 0 aromatic heterocycles. The standard InChI is InChI=1S/C15H19NO7/c1-15(2,3)13(17)8-23-14(18)9-22-10-5-6-11(16(19)20)12(7-10)21-4/h5-7H,8-9H2,1-4H3. The Labute approximate surface area is 133 Å². The molecule has 1 aromatic rings. The molecule has 8 heteroatoms. The molecule has 0 saturated heterocycles. The number of nitrogens with zero attached hydrogens (tertiary/aromatic N) is 1. The summed E-state index contributed by atoms with van der Waals surface area (Å²) in [6.07, 6.45) is 0. The van der Waals surface area contributed by atoms with E-state index in [-0.39, 0.29) is 29.6 Å². The highest BCUT2D eigenvalue weighted by Crippen LogP contribution is 2.30. The van der Waals surface area contributed by atoms with Crippen molar-refractivity contribution in [3.05, 3.63) is 28.3 Å². The van der Waals surface area contributed by atoms with Crippen molar-refractivity contribution < 1.29 is 28.7 Å². The zero-order valence-corrected chi connectivity index (χ0v) is 13.5. The summed E-state index contributed by atoms with van der Waals surface area (Å²) in [4.78, 5) is 33.3. The summed E-state index contributed by atoms with van der Waals surface area (Å²) in [5.74, 6) is -0.682. The molecule has 0 spiro atoms.